The van der Waals surface area contributed by atoms with Gasteiger partial charge in [-0.05, 0) is 12.3 Å². The van der Waals surface area contributed by atoms with E-state index in [1.807, 2.05) is 13.8 Å². The Labute approximate surface area is 103 Å². The van der Waals surface area contributed by atoms with Crippen molar-refractivity contribution in [3.05, 3.63) is 0 Å². The predicted octanol–water partition coefficient (Wildman–Crippen LogP) is 0.0339. The second-order valence-electron chi connectivity index (χ2n) is 4.01. The molecule has 0 rings (SSSR count). The monoisotopic (exact) mass is 251 g/mol. The summed E-state index contributed by atoms with van der Waals surface area (Å²) in [6.45, 7) is 6.33. The highest BCUT2D eigenvalue weighted by molar-refractivity contribution is 5.85. The Bertz CT molecular complexity index is 222. The van der Waals surface area contributed by atoms with Crippen molar-refractivity contribution >= 4 is 24.2 Å². The number of hydrogen-bond acceptors (Lipinski definition) is 3. The van der Waals surface area contributed by atoms with E-state index in [0.29, 0.717) is 25.4 Å². The van der Waals surface area contributed by atoms with E-state index in [0.717, 1.165) is 0 Å². The van der Waals surface area contributed by atoms with Crippen LogP contribution in [0.1, 0.15) is 27.2 Å². The molecule has 16 heavy (non-hydrogen) atoms. The summed E-state index contributed by atoms with van der Waals surface area (Å²) < 4.78 is 0. The van der Waals surface area contributed by atoms with Gasteiger partial charge < -0.3 is 16.4 Å². The number of halogens is 1. The molecule has 6 heteroatoms. The van der Waals surface area contributed by atoms with Crippen molar-refractivity contribution in [2.45, 2.75) is 33.2 Å². The molecule has 1 atom stereocenters. The van der Waals surface area contributed by atoms with Crippen molar-refractivity contribution in [1.29, 1.82) is 0 Å². The molecule has 5 nitrogen and oxygen atoms in total. The van der Waals surface area contributed by atoms with E-state index >= 15 is 0 Å². The number of nitrogens with two attached hydrogens (primary N) is 1. The zero-order valence-corrected chi connectivity index (χ0v) is 10.9. The second kappa shape index (κ2) is 9.42. The fraction of sp³-hybridized carbons (Fsp3) is 0.800. The smallest absolute Gasteiger partial charge is 0.236 e. The highest BCUT2D eigenvalue weighted by Gasteiger charge is 2.13. The molecule has 0 aliphatic rings. The normalized spacial score (nSPS) is 11.6. The lowest BCUT2D eigenvalue weighted by molar-refractivity contribution is -0.123. The molecule has 0 aromatic heterocycles. The zero-order chi connectivity index (χ0) is 11.8. The molecular weight excluding hydrogens is 230 g/mol. The van der Waals surface area contributed by atoms with E-state index in [1.54, 1.807) is 0 Å². The largest absolute Gasteiger partial charge is 0.355 e. The number of carbonyl (C=O) groups excluding carboxylic acids is 2. The van der Waals surface area contributed by atoms with Gasteiger partial charge in [0, 0.05) is 20.0 Å². The topological polar surface area (TPSA) is 84.2 Å². The zero-order valence-electron chi connectivity index (χ0n) is 10.1. The molecule has 0 unspecified atom stereocenters. The first-order valence-corrected chi connectivity index (χ1v) is 5.21. The third-order valence-electron chi connectivity index (χ3n) is 1.86. The van der Waals surface area contributed by atoms with Crippen molar-refractivity contribution in [1.82, 2.24) is 10.6 Å². The summed E-state index contributed by atoms with van der Waals surface area (Å²) in [7, 11) is 0. The highest BCUT2D eigenvalue weighted by Crippen LogP contribution is 2.01. The molecule has 2 amide bonds. The van der Waals surface area contributed by atoms with E-state index in [4.69, 9.17) is 5.73 Å². The van der Waals surface area contributed by atoms with Crippen LogP contribution in [0.3, 0.4) is 0 Å². The number of carbonyl (C=O) groups is 2. The number of amides is 2. The van der Waals surface area contributed by atoms with Crippen molar-refractivity contribution in [2.75, 3.05) is 13.1 Å². The standard InChI is InChI=1S/C10H21N3O2.ClH/c1-7(2)6-9(11)10(15)13-5-4-12-8(3)14;/h7,9H,4-6,11H2,1-3H3,(H,12,14)(H,13,15);1H/t9-;/m0./s1. The average molecular weight is 252 g/mol. The Balaban J connectivity index is 0. The van der Waals surface area contributed by atoms with Gasteiger partial charge in [-0.2, -0.15) is 0 Å². The summed E-state index contributed by atoms with van der Waals surface area (Å²) in [5, 5.41) is 5.25. The number of rotatable bonds is 6. The predicted molar refractivity (Wildman–Crippen MR) is 66.4 cm³/mol. The van der Waals surface area contributed by atoms with Crippen molar-refractivity contribution in [3.63, 3.8) is 0 Å². The molecule has 0 heterocycles. The van der Waals surface area contributed by atoms with E-state index in [2.05, 4.69) is 10.6 Å². The van der Waals surface area contributed by atoms with Gasteiger partial charge in [0.05, 0.1) is 6.04 Å². The third kappa shape index (κ3) is 9.73. The van der Waals surface area contributed by atoms with Crippen LogP contribution in [0.2, 0.25) is 0 Å². The minimum Gasteiger partial charge on any atom is -0.355 e. The first-order valence-electron chi connectivity index (χ1n) is 5.21. The lowest BCUT2D eigenvalue weighted by Crippen LogP contribution is -2.43. The van der Waals surface area contributed by atoms with Gasteiger partial charge >= 0.3 is 0 Å². The highest BCUT2D eigenvalue weighted by atomic mass is 35.5. The van der Waals surface area contributed by atoms with Crippen LogP contribution in [0, 0.1) is 5.92 Å². The minimum absolute atomic E-state index is 0. The van der Waals surface area contributed by atoms with E-state index in [1.165, 1.54) is 6.92 Å². The quantitative estimate of drug-likeness (QED) is 0.583. The molecule has 0 fully saturated rings. The SMILES string of the molecule is CC(=O)NCCNC(=O)[C@@H](N)CC(C)C.Cl. The molecule has 0 aromatic carbocycles. The van der Waals surface area contributed by atoms with Crippen LogP contribution < -0.4 is 16.4 Å². The summed E-state index contributed by atoms with van der Waals surface area (Å²) in [5.41, 5.74) is 5.66. The van der Waals surface area contributed by atoms with Crippen LogP contribution in [0.4, 0.5) is 0 Å². The van der Waals surface area contributed by atoms with Gasteiger partial charge in [0.2, 0.25) is 11.8 Å². The number of nitrogens with one attached hydrogen (secondary N) is 2. The summed E-state index contributed by atoms with van der Waals surface area (Å²) in [5.74, 6) is 0.144. The van der Waals surface area contributed by atoms with Crippen LogP contribution >= 0.6 is 12.4 Å². The van der Waals surface area contributed by atoms with Gasteiger partial charge in [-0.1, -0.05) is 13.8 Å². The molecule has 0 aromatic rings. The molecule has 96 valence electrons. The van der Waals surface area contributed by atoms with Gasteiger partial charge in [-0.25, -0.2) is 0 Å². The fourth-order valence-corrected chi connectivity index (χ4v) is 1.17. The summed E-state index contributed by atoms with van der Waals surface area (Å²) in [4.78, 5) is 21.9. The van der Waals surface area contributed by atoms with Gasteiger partial charge in [0.15, 0.2) is 0 Å². The van der Waals surface area contributed by atoms with Crippen LogP contribution in [0.25, 0.3) is 0 Å². The molecule has 0 radical (unpaired) electrons. The van der Waals surface area contributed by atoms with E-state index in [9.17, 15) is 9.59 Å². The van der Waals surface area contributed by atoms with Gasteiger partial charge in [-0.15, -0.1) is 12.4 Å². The van der Waals surface area contributed by atoms with Crippen molar-refractivity contribution in [3.8, 4) is 0 Å². The maximum Gasteiger partial charge on any atom is 0.236 e. The van der Waals surface area contributed by atoms with Gasteiger partial charge in [-0.3, -0.25) is 9.59 Å². The second-order valence-corrected chi connectivity index (χ2v) is 4.01. The third-order valence-corrected chi connectivity index (χ3v) is 1.86. The Morgan fingerprint density at radius 3 is 2.12 bits per heavy atom. The molecule has 0 aliphatic carbocycles. The molecule has 0 saturated heterocycles. The molecule has 4 N–H and O–H groups in total. The van der Waals surface area contributed by atoms with Gasteiger partial charge in [0.25, 0.3) is 0 Å². The Hall–Kier alpha value is -0.810. The van der Waals surface area contributed by atoms with E-state index in [-0.39, 0.29) is 24.2 Å². The van der Waals surface area contributed by atoms with Crippen molar-refractivity contribution in [2.24, 2.45) is 11.7 Å². The lowest BCUT2D eigenvalue weighted by Gasteiger charge is -2.14. The van der Waals surface area contributed by atoms with Crippen LogP contribution in [0.5, 0.6) is 0 Å². The van der Waals surface area contributed by atoms with E-state index < -0.39 is 6.04 Å². The molecule has 0 saturated carbocycles. The molecule has 0 aliphatic heterocycles. The first-order chi connectivity index (χ1) is 6.93. The molecule has 0 spiro atoms. The fourth-order valence-electron chi connectivity index (χ4n) is 1.17. The van der Waals surface area contributed by atoms with Crippen molar-refractivity contribution < 1.29 is 9.59 Å². The van der Waals surface area contributed by atoms with Crippen LogP contribution in [-0.4, -0.2) is 30.9 Å². The minimum atomic E-state index is -0.456. The summed E-state index contributed by atoms with van der Waals surface area (Å²) in [6.07, 6.45) is 0.673. The lowest BCUT2D eigenvalue weighted by atomic mass is 10.0. The summed E-state index contributed by atoms with van der Waals surface area (Å²) >= 11 is 0. The Kier molecular flexibility index (Phi) is 10.3. The van der Waals surface area contributed by atoms with Gasteiger partial charge in [0.1, 0.15) is 0 Å². The first kappa shape index (κ1) is 17.6. The van der Waals surface area contributed by atoms with Crippen LogP contribution in [0.15, 0.2) is 0 Å². The molecule has 0 bridgehead atoms. The maximum absolute atomic E-state index is 11.4. The average Bonchev–Trinajstić information content (AvgIpc) is 2.10. The maximum atomic E-state index is 11.4. The Morgan fingerprint density at radius 2 is 1.69 bits per heavy atom. The number of hydrogen-bond donors (Lipinski definition) is 3. The van der Waals surface area contributed by atoms with Crippen LogP contribution in [-0.2, 0) is 9.59 Å². The summed E-state index contributed by atoms with van der Waals surface area (Å²) in [6, 6.07) is -0.456. The Morgan fingerprint density at radius 1 is 1.19 bits per heavy atom. The molecular formula is C10H22ClN3O2.